The van der Waals surface area contributed by atoms with Crippen molar-refractivity contribution in [3.63, 3.8) is 0 Å². The van der Waals surface area contributed by atoms with Crippen LogP contribution in [0, 0.1) is 0 Å². The first-order valence-electron chi connectivity index (χ1n) is 8.69. The Kier molecular flexibility index (Phi) is 5.00. The second-order valence-electron chi connectivity index (χ2n) is 6.60. The number of hydrogen-bond acceptors (Lipinski definition) is 4. The Bertz CT molecular complexity index is 818. The number of rotatable bonds is 7. The van der Waals surface area contributed by atoms with Gasteiger partial charge in [-0.15, -0.1) is 0 Å². The predicted octanol–water partition coefficient (Wildman–Crippen LogP) is 2.92. The lowest BCUT2D eigenvalue weighted by Crippen LogP contribution is -2.36. The molecule has 0 bridgehead atoms. The van der Waals surface area contributed by atoms with E-state index in [9.17, 15) is 8.42 Å². The molecule has 1 saturated carbocycles. The van der Waals surface area contributed by atoms with E-state index in [0.29, 0.717) is 11.5 Å². The number of benzene rings is 2. The van der Waals surface area contributed by atoms with E-state index in [1.807, 2.05) is 37.3 Å². The molecule has 3 atom stereocenters. The van der Waals surface area contributed by atoms with E-state index in [0.717, 1.165) is 12.0 Å². The first-order valence-corrected chi connectivity index (χ1v) is 10.2. The third-order valence-corrected chi connectivity index (χ3v) is 7.32. The standard InChI is InChI=1S/C20H25NO3S/c1-3-15-10-12-16(13-11-15)18-19(20(18,21)14-24-4-2)25(22,23)17-8-6-5-7-9-17/h5-13,18-19H,3-4,14,21H2,1-2H3/t18-,19-,20+/m0/s1. The third kappa shape index (κ3) is 3.24. The van der Waals surface area contributed by atoms with Gasteiger partial charge in [-0.05, 0) is 36.6 Å². The highest BCUT2D eigenvalue weighted by molar-refractivity contribution is 7.92. The van der Waals surface area contributed by atoms with Gasteiger partial charge in [0, 0.05) is 12.5 Å². The van der Waals surface area contributed by atoms with Crippen LogP contribution in [0.2, 0.25) is 0 Å². The van der Waals surface area contributed by atoms with Gasteiger partial charge in [-0.25, -0.2) is 8.42 Å². The summed E-state index contributed by atoms with van der Waals surface area (Å²) < 4.78 is 31.8. The van der Waals surface area contributed by atoms with Gasteiger partial charge in [0.1, 0.15) is 0 Å². The average Bonchev–Trinajstić information content (AvgIpc) is 3.27. The van der Waals surface area contributed by atoms with Crippen molar-refractivity contribution in [1.82, 2.24) is 0 Å². The summed E-state index contributed by atoms with van der Waals surface area (Å²) in [4.78, 5) is 0.319. The zero-order valence-electron chi connectivity index (χ0n) is 14.7. The zero-order valence-corrected chi connectivity index (χ0v) is 15.5. The molecule has 4 nitrogen and oxygen atoms in total. The number of aryl methyl sites for hydroxylation is 1. The summed E-state index contributed by atoms with van der Waals surface area (Å²) in [6.45, 7) is 4.73. The smallest absolute Gasteiger partial charge is 0.183 e. The van der Waals surface area contributed by atoms with Crippen molar-refractivity contribution in [2.75, 3.05) is 13.2 Å². The number of nitrogens with two attached hydrogens (primary N) is 1. The Morgan fingerprint density at radius 3 is 2.24 bits per heavy atom. The molecule has 3 rings (SSSR count). The molecule has 0 aromatic heterocycles. The average molecular weight is 359 g/mol. The van der Waals surface area contributed by atoms with Crippen molar-refractivity contribution < 1.29 is 13.2 Å². The largest absolute Gasteiger partial charge is 0.380 e. The quantitative estimate of drug-likeness (QED) is 0.825. The molecule has 0 heterocycles. The molecule has 2 N–H and O–H groups in total. The summed E-state index contributed by atoms with van der Waals surface area (Å²) in [6.07, 6.45) is 0.948. The summed E-state index contributed by atoms with van der Waals surface area (Å²) >= 11 is 0. The Hall–Kier alpha value is -1.69. The molecule has 5 heteroatoms. The zero-order chi connectivity index (χ0) is 18.1. The van der Waals surface area contributed by atoms with Crippen molar-refractivity contribution in [3.05, 3.63) is 65.7 Å². The minimum absolute atomic E-state index is 0.237. The minimum atomic E-state index is -3.52. The molecule has 1 aliphatic carbocycles. The molecule has 0 spiro atoms. The van der Waals surface area contributed by atoms with Crippen LogP contribution >= 0.6 is 0 Å². The number of ether oxygens (including phenoxy) is 1. The normalized spacial score (nSPS) is 25.7. The van der Waals surface area contributed by atoms with Gasteiger partial charge in [0.05, 0.1) is 22.3 Å². The lowest BCUT2D eigenvalue weighted by Gasteiger charge is -2.12. The molecule has 25 heavy (non-hydrogen) atoms. The first kappa shape index (κ1) is 18.1. The lowest BCUT2D eigenvalue weighted by molar-refractivity contribution is 0.125. The monoisotopic (exact) mass is 359 g/mol. The Balaban J connectivity index is 1.97. The fraction of sp³-hybridized carbons (Fsp3) is 0.400. The maximum Gasteiger partial charge on any atom is 0.183 e. The summed E-state index contributed by atoms with van der Waals surface area (Å²) in [5.41, 5.74) is 7.84. The molecule has 2 aromatic carbocycles. The van der Waals surface area contributed by atoms with E-state index in [-0.39, 0.29) is 12.5 Å². The van der Waals surface area contributed by atoms with Gasteiger partial charge in [0.2, 0.25) is 0 Å². The van der Waals surface area contributed by atoms with Crippen molar-refractivity contribution >= 4 is 9.84 Å². The number of sulfone groups is 1. The van der Waals surface area contributed by atoms with Gasteiger partial charge in [0.15, 0.2) is 9.84 Å². The minimum Gasteiger partial charge on any atom is -0.380 e. The Morgan fingerprint density at radius 1 is 1.04 bits per heavy atom. The van der Waals surface area contributed by atoms with Crippen LogP contribution in [0.1, 0.15) is 30.9 Å². The second-order valence-corrected chi connectivity index (χ2v) is 8.67. The van der Waals surface area contributed by atoms with Crippen LogP contribution in [0.3, 0.4) is 0 Å². The lowest BCUT2D eigenvalue weighted by atomic mass is 10.0. The summed E-state index contributed by atoms with van der Waals surface area (Å²) in [5.74, 6) is -0.254. The second kappa shape index (κ2) is 6.90. The highest BCUT2D eigenvalue weighted by atomic mass is 32.2. The van der Waals surface area contributed by atoms with Crippen LogP contribution in [-0.2, 0) is 21.0 Å². The summed E-state index contributed by atoms with van der Waals surface area (Å²) in [5, 5.41) is -0.665. The third-order valence-electron chi connectivity index (χ3n) is 5.01. The van der Waals surface area contributed by atoms with Crippen LogP contribution < -0.4 is 5.73 Å². The first-order chi connectivity index (χ1) is 11.9. The Morgan fingerprint density at radius 2 is 1.68 bits per heavy atom. The van der Waals surface area contributed by atoms with Crippen LogP contribution in [-0.4, -0.2) is 32.4 Å². The molecule has 134 valence electrons. The molecular formula is C20H25NO3S. The molecule has 0 unspecified atom stereocenters. The molecule has 0 aliphatic heterocycles. The molecule has 0 radical (unpaired) electrons. The van der Waals surface area contributed by atoms with E-state index in [2.05, 4.69) is 6.92 Å². The van der Waals surface area contributed by atoms with Gasteiger partial charge in [-0.1, -0.05) is 49.4 Å². The van der Waals surface area contributed by atoms with Gasteiger partial charge in [-0.2, -0.15) is 0 Å². The molecule has 0 saturated heterocycles. The van der Waals surface area contributed by atoms with Crippen molar-refractivity contribution in [3.8, 4) is 0 Å². The van der Waals surface area contributed by atoms with E-state index >= 15 is 0 Å². The topological polar surface area (TPSA) is 69.4 Å². The molecule has 1 fully saturated rings. The van der Waals surface area contributed by atoms with Crippen molar-refractivity contribution in [1.29, 1.82) is 0 Å². The van der Waals surface area contributed by atoms with E-state index in [1.165, 1.54) is 5.56 Å². The summed E-state index contributed by atoms with van der Waals surface area (Å²) in [7, 11) is -3.52. The van der Waals surface area contributed by atoms with Crippen LogP contribution in [0.15, 0.2) is 59.5 Å². The van der Waals surface area contributed by atoms with Crippen molar-refractivity contribution in [2.45, 2.75) is 41.9 Å². The molecular weight excluding hydrogens is 334 g/mol. The highest BCUT2D eigenvalue weighted by Gasteiger charge is 2.69. The highest BCUT2D eigenvalue weighted by Crippen LogP contribution is 2.55. The fourth-order valence-electron chi connectivity index (χ4n) is 3.54. The Labute approximate surface area is 149 Å². The van der Waals surface area contributed by atoms with Gasteiger partial charge >= 0.3 is 0 Å². The van der Waals surface area contributed by atoms with E-state index < -0.39 is 20.6 Å². The maximum absolute atomic E-state index is 13.1. The van der Waals surface area contributed by atoms with Crippen molar-refractivity contribution in [2.24, 2.45) is 5.73 Å². The van der Waals surface area contributed by atoms with Crippen LogP contribution in [0.25, 0.3) is 0 Å². The predicted molar refractivity (Wildman–Crippen MR) is 99.4 cm³/mol. The number of hydrogen-bond donors (Lipinski definition) is 1. The maximum atomic E-state index is 13.1. The van der Waals surface area contributed by atoms with Gasteiger partial charge < -0.3 is 10.5 Å². The van der Waals surface area contributed by atoms with Crippen LogP contribution in [0.4, 0.5) is 0 Å². The van der Waals surface area contributed by atoms with Gasteiger partial charge in [-0.3, -0.25) is 0 Å². The van der Waals surface area contributed by atoms with E-state index in [4.69, 9.17) is 10.5 Å². The SMILES string of the molecule is CCOC[C@@]1(N)[C@@H](c2ccc(CC)cc2)[C@@H]1S(=O)(=O)c1ccccc1. The fourth-order valence-corrected chi connectivity index (χ4v) is 5.86. The molecule has 2 aromatic rings. The summed E-state index contributed by atoms with van der Waals surface area (Å²) in [6, 6.07) is 16.6. The van der Waals surface area contributed by atoms with Gasteiger partial charge in [0.25, 0.3) is 0 Å². The van der Waals surface area contributed by atoms with Crippen LogP contribution in [0.5, 0.6) is 0 Å². The molecule has 0 amide bonds. The molecule has 1 aliphatic rings. The van der Waals surface area contributed by atoms with E-state index in [1.54, 1.807) is 24.3 Å².